The van der Waals surface area contributed by atoms with Crippen LogP contribution in [-0.2, 0) is 10.0 Å². The first kappa shape index (κ1) is 27.1. The number of nitrogens with zero attached hydrogens (tertiary/aromatic N) is 4. The van der Waals surface area contributed by atoms with Crippen LogP contribution in [0.2, 0.25) is 0 Å². The lowest BCUT2D eigenvalue weighted by atomic mass is 10.0. The number of amides is 1. The van der Waals surface area contributed by atoms with Gasteiger partial charge in [-0.3, -0.25) is 4.79 Å². The van der Waals surface area contributed by atoms with Gasteiger partial charge in [-0.2, -0.15) is 4.31 Å². The first-order valence-electron chi connectivity index (χ1n) is 14.1. The van der Waals surface area contributed by atoms with Gasteiger partial charge in [-0.25, -0.2) is 8.42 Å². The van der Waals surface area contributed by atoms with Gasteiger partial charge in [-0.05, 0) is 73.7 Å². The Kier molecular flexibility index (Phi) is 6.63. The second kappa shape index (κ2) is 10.5. The Bertz CT molecular complexity index is 1960. The average molecular weight is 596 g/mol. The number of fused-ring (bicyclic) bond motifs is 3. The molecule has 2 aliphatic rings. The molecule has 3 heterocycles. The lowest BCUT2D eigenvalue weighted by Crippen LogP contribution is -2.38. The van der Waals surface area contributed by atoms with Crippen molar-refractivity contribution in [2.45, 2.75) is 31.6 Å². The molecule has 43 heavy (non-hydrogen) atoms. The van der Waals surface area contributed by atoms with E-state index in [9.17, 15) is 13.2 Å². The SMILES string of the molecule is Cc1ccc(Oc2cc3c(cc2S(=O)(=O)N2CCC(C)CC2)C(=O)Nc2ccccc2O3)c(-n2nc3ccccc3n2)c1. The van der Waals surface area contributed by atoms with Crippen LogP contribution in [0.25, 0.3) is 16.7 Å². The Morgan fingerprint density at radius 2 is 1.58 bits per heavy atom. The predicted octanol–water partition coefficient (Wildman–Crippen LogP) is 6.30. The van der Waals surface area contributed by atoms with E-state index < -0.39 is 15.9 Å². The van der Waals surface area contributed by atoms with Gasteiger partial charge in [0.2, 0.25) is 10.0 Å². The molecule has 1 saturated heterocycles. The fraction of sp³-hybridized carbons (Fsp3) is 0.219. The van der Waals surface area contributed by atoms with Crippen molar-refractivity contribution >= 4 is 32.7 Å². The molecule has 0 atom stereocenters. The Morgan fingerprint density at radius 3 is 2.33 bits per heavy atom. The summed E-state index contributed by atoms with van der Waals surface area (Å²) in [4.78, 5) is 14.7. The largest absolute Gasteiger partial charge is 0.454 e. The smallest absolute Gasteiger partial charge is 0.259 e. The molecule has 10 nitrogen and oxygen atoms in total. The van der Waals surface area contributed by atoms with Crippen LogP contribution < -0.4 is 14.8 Å². The highest BCUT2D eigenvalue weighted by atomic mass is 32.2. The summed E-state index contributed by atoms with van der Waals surface area (Å²) < 4.78 is 42.4. The molecule has 218 valence electrons. The number of sulfonamides is 1. The van der Waals surface area contributed by atoms with Gasteiger partial charge in [0.15, 0.2) is 17.2 Å². The van der Waals surface area contributed by atoms with Gasteiger partial charge in [0.1, 0.15) is 27.4 Å². The summed E-state index contributed by atoms with van der Waals surface area (Å²) in [5.41, 5.74) is 3.47. The summed E-state index contributed by atoms with van der Waals surface area (Å²) in [5.74, 6) is 0.946. The van der Waals surface area contributed by atoms with E-state index in [4.69, 9.17) is 9.47 Å². The van der Waals surface area contributed by atoms with Crippen LogP contribution in [0.3, 0.4) is 0 Å². The highest BCUT2D eigenvalue weighted by Crippen LogP contribution is 2.43. The van der Waals surface area contributed by atoms with Crippen molar-refractivity contribution in [3.05, 3.63) is 90.0 Å². The predicted molar refractivity (Wildman–Crippen MR) is 162 cm³/mol. The lowest BCUT2D eigenvalue weighted by molar-refractivity contribution is 0.102. The van der Waals surface area contributed by atoms with Crippen molar-refractivity contribution in [2.75, 3.05) is 18.4 Å². The number of ether oxygens (including phenoxy) is 2. The van der Waals surface area contributed by atoms with Crippen LogP contribution in [-0.4, -0.2) is 46.7 Å². The molecule has 0 bridgehead atoms. The fourth-order valence-electron chi connectivity index (χ4n) is 5.37. The van der Waals surface area contributed by atoms with Crippen molar-refractivity contribution in [3.63, 3.8) is 0 Å². The molecule has 0 aliphatic carbocycles. The Morgan fingerprint density at radius 1 is 0.884 bits per heavy atom. The molecule has 2 aliphatic heterocycles. The maximum atomic E-state index is 14.2. The van der Waals surface area contributed by atoms with Crippen LogP contribution >= 0.6 is 0 Å². The molecule has 0 radical (unpaired) electrons. The van der Waals surface area contributed by atoms with E-state index in [0.29, 0.717) is 52.9 Å². The van der Waals surface area contributed by atoms with Gasteiger partial charge in [-0.1, -0.05) is 37.3 Å². The van der Waals surface area contributed by atoms with E-state index in [-0.39, 0.29) is 22.0 Å². The first-order valence-corrected chi connectivity index (χ1v) is 15.6. The normalized spacial score (nSPS) is 15.7. The topological polar surface area (TPSA) is 116 Å². The first-order chi connectivity index (χ1) is 20.8. The second-order valence-electron chi connectivity index (χ2n) is 11.0. The zero-order chi connectivity index (χ0) is 29.7. The number of aromatic nitrogens is 3. The van der Waals surface area contributed by atoms with Gasteiger partial charge < -0.3 is 14.8 Å². The van der Waals surface area contributed by atoms with Crippen LogP contribution in [0.5, 0.6) is 23.0 Å². The molecule has 11 heteroatoms. The van der Waals surface area contributed by atoms with E-state index >= 15 is 0 Å². The maximum absolute atomic E-state index is 14.2. The number of rotatable bonds is 5. The number of carbonyl (C=O) groups excluding carboxylic acids is 1. The highest BCUT2D eigenvalue weighted by Gasteiger charge is 2.34. The number of aryl methyl sites for hydroxylation is 1. The molecule has 5 aromatic rings. The number of hydrogen-bond donors (Lipinski definition) is 1. The van der Waals surface area contributed by atoms with Crippen molar-refractivity contribution in [1.82, 2.24) is 19.3 Å². The maximum Gasteiger partial charge on any atom is 0.259 e. The van der Waals surface area contributed by atoms with Gasteiger partial charge in [-0.15, -0.1) is 15.0 Å². The Balaban J connectivity index is 1.38. The third-order valence-electron chi connectivity index (χ3n) is 7.84. The van der Waals surface area contributed by atoms with Crippen molar-refractivity contribution in [2.24, 2.45) is 5.92 Å². The zero-order valence-electron chi connectivity index (χ0n) is 23.6. The lowest BCUT2D eigenvalue weighted by Gasteiger charge is -2.30. The third-order valence-corrected chi connectivity index (χ3v) is 9.76. The minimum absolute atomic E-state index is 0.0337. The van der Waals surface area contributed by atoms with E-state index in [1.165, 1.54) is 21.2 Å². The summed E-state index contributed by atoms with van der Waals surface area (Å²) in [6.45, 7) is 4.82. The number of carbonyl (C=O) groups is 1. The summed E-state index contributed by atoms with van der Waals surface area (Å²) in [6.07, 6.45) is 1.50. The Hall–Kier alpha value is -4.74. The number of para-hydroxylation sites is 2. The number of hydrogen-bond acceptors (Lipinski definition) is 7. The quantitative estimate of drug-likeness (QED) is 0.254. The number of piperidine rings is 1. The molecule has 1 fully saturated rings. The molecule has 0 saturated carbocycles. The summed E-state index contributed by atoms with van der Waals surface area (Å²) >= 11 is 0. The van der Waals surface area contributed by atoms with Crippen LogP contribution in [0.4, 0.5) is 5.69 Å². The van der Waals surface area contributed by atoms with Crippen LogP contribution in [0, 0.1) is 12.8 Å². The van der Waals surface area contributed by atoms with Gasteiger partial charge in [0, 0.05) is 19.2 Å². The molecule has 0 spiro atoms. The van der Waals surface area contributed by atoms with Gasteiger partial charge in [0.05, 0.1) is 11.3 Å². The fourth-order valence-corrected chi connectivity index (χ4v) is 6.96. The Labute approximate surface area is 248 Å². The molecule has 7 rings (SSSR count). The number of nitrogens with one attached hydrogen (secondary N) is 1. The van der Waals surface area contributed by atoms with Crippen molar-refractivity contribution in [3.8, 4) is 28.7 Å². The molecule has 0 unspecified atom stereocenters. The monoisotopic (exact) mass is 595 g/mol. The standard InChI is InChI=1S/C32H29N5O5S/c1-20-13-15-36(16-14-20)43(39,40)31-18-22-29(41-27-10-6-5-9-25(27)33-32(22)38)19-30(31)42-28-12-11-21(2)17-26(28)37-34-23-7-3-4-8-24(23)35-37/h3-12,17-20H,13-16H2,1-2H3,(H,33,38). The van der Waals surface area contributed by atoms with E-state index in [2.05, 4.69) is 22.4 Å². The number of benzene rings is 4. The molecular formula is C32H29N5O5S. The molecule has 1 N–H and O–H groups in total. The summed E-state index contributed by atoms with van der Waals surface area (Å²) in [7, 11) is -4.04. The van der Waals surface area contributed by atoms with Crippen molar-refractivity contribution in [1.29, 1.82) is 0 Å². The molecular weight excluding hydrogens is 566 g/mol. The van der Waals surface area contributed by atoms with Crippen LogP contribution in [0.15, 0.2) is 83.8 Å². The third kappa shape index (κ3) is 5.00. The van der Waals surface area contributed by atoms with Crippen molar-refractivity contribution < 1.29 is 22.7 Å². The highest BCUT2D eigenvalue weighted by molar-refractivity contribution is 7.89. The second-order valence-corrected chi connectivity index (χ2v) is 12.9. The summed E-state index contributed by atoms with van der Waals surface area (Å²) in [6, 6.07) is 22.9. The van der Waals surface area contributed by atoms with Gasteiger partial charge >= 0.3 is 0 Å². The van der Waals surface area contributed by atoms with E-state index in [1.807, 2.05) is 43.3 Å². The molecule has 1 amide bonds. The van der Waals surface area contributed by atoms with Gasteiger partial charge in [0.25, 0.3) is 5.91 Å². The van der Waals surface area contributed by atoms with Crippen LogP contribution in [0.1, 0.15) is 35.7 Å². The minimum Gasteiger partial charge on any atom is -0.454 e. The average Bonchev–Trinajstić information content (AvgIpc) is 3.37. The zero-order valence-corrected chi connectivity index (χ0v) is 24.5. The number of anilines is 1. The van der Waals surface area contributed by atoms with E-state index in [0.717, 1.165) is 18.4 Å². The summed E-state index contributed by atoms with van der Waals surface area (Å²) in [5, 5.41) is 12.1. The van der Waals surface area contributed by atoms with E-state index in [1.54, 1.807) is 30.3 Å². The molecule has 4 aromatic carbocycles. The molecule has 1 aromatic heterocycles. The minimum atomic E-state index is -4.04.